The topological polar surface area (TPSA) is 12.9 Å². The van der Waals surface area contributed by atoms with Crippen LogP contribution in [0.25, 0.3) is 10.6 Å². The first-order valence-corrected chi connectivity index (χ1v) is 4.56. The van der Waals surface area contributed by atoms with Gasteiger partial charge in [0.15, 0.2) is 0 Å². The number of aromatic nitrogens is 1. The van der Waals surface area contributed by atoms with Gasteiger partial charge >= 0.3 is 0 Å². The number of hydrogen-bond donors (Lipinski definition) is 0. The second-order valence-corrected chi connectivity index (χ2v) is 3.48. The molecular weight excluding hydrogens is 166 g/mol. The van der Waals surface area contributed by atoms with Gasteiger partial charge in [0.1, 0.15) is 0 Å². The lowest BCUT2D eigenvalue weighted by Crippen LogP contribution is -1.79. The predicted octanol–water partition coefficient (Wildman–Crippen LogP) is 2.99. The first-order chi connectivity index (χ1) is 5.86. The third-order valence-electron chi connectivity index (χ3n) is 1.60. The molecule has 2 aromatic rings. The van der Waals surface area contributed by atoms with Crippen molar-refractivity contribution in [3.8, 4) is 10.6 Å². The maximum absolute atomic E-state index is 4.27. The SMILES string of the molecule is [CH2]c1ccc(-c2cccs2)nc1. The van der Waals surface area contributed by atoms with Crippen LogP contribution < -0.4 is 0 Å². The Morgan fingerprint density at radius 1 is 1.25 bits per heavy atom. The summed E-state index contributed by atoms with van der Waals surface area (Å²) in [6.45, 7) is 3.78. The van der Waals surface area contributed by atoms with E-state index in [2.05, 4.69) is 23.4 Å². The van der Waals surface area contributed by atoms with E-state index in [1.165, 1.54) is 4.88 Å². The Labute approximate surface area is 75.7 Å². The molecule has 1 radical (unpaired) electrons. The van der Waals surface area contributed by atoms with Crippen LogP contribution in [0.1, 0.15) is 5.56 Å². The molecule has 0 atom stereocenters. The van der Waals surface area contributed by atoms with E-state index in [1.54, 1.807) is 17.5 Å². The molecular formula is C10H8NS. The minimum atomic E-state index is 0.954. The van der Waals surface area contributed by atoms with Crippen molar-refractivity contribution in [3.63, 3.8) is 0 Å². The van der Waals surface area contributed by atoms with E-state index in [1.807, 2.05) is 18.2 Å². The average Bonchev–Trinajstić information content (AvgIpc) is 2.58. The van der Waals surface area contributed by atoms with Gasteiger partial charge in [0.25, 0.3) is 0 Å². The second-order valence-electron chi connectivity index (χ2n) is 2.53. The molecule has 0 N–H and O–H groups in total. The normalized spacial score (nSPS) is 10.1. The fraction of sp³-hybridized carbons (Fsp3) is 0. The molecule has 2 rings (SSSR count). The smallest absolute Gasteiger partial charge is 0.0801 e. The van der Waals surface area contributed by atoms with Gasteiger partial charge in [0, 0.05) is 6.20 Å². The van der Waals surface area contributed by atoms with Crippen molar-refractivity contribution in [2.75, 3.05) is 0 Å². The second kappa shape index (κ2) is 3.07. The van der Waals surface area contributed by atoms with Gasteiger partial charge in [-0.3, -0.25) is 4.98 Å². The Bertz CT molecular complexity index is 348. The summed E-state index contributed by atoms with van der Waals surface area (Å²) in [5.74, 6) is 0. The van der Waals surface area contributed by atoms with Gasteiger partial charge in [-0.05, 0) is 30.0 Å². The minimum Gasteiger partial charge on any atom is -0.255 e. The summed E-state index contributed by atoms with van der Waals surface area (Å²) in [6, 6.07) is 8.06. The third kappa shape index (κ3) is 1.38. The number of pyridine rings is 1. The molecule has 0 saturated carbocycles. The lowest BCUT2D eigenvalue weighted by Gasteiger charge is -1.95. The van der Waals surface area contributed by atoms with Crippen LogP contribution in [0, 0.1) is 6.92 Å². The van der Waals surface area contributed by atoms with E-state index < -0.39 is 0 Å². The molecule has 0 saturated heterocycles. The van der Waals surface area contributed by atoms with Crippen molar-refractivity contribution < 1.29 is 0 Å². The quantitative estimate of drug-likeness (QED) is 0.647. The fourth-order valence-corrected chi connectivity index (χ4v) is 1.70. The zero-order valence-electron chi connectivity index (χ0n) is 6.53. The summed E-state index contributed by atoms with van der Waals surface area (Å²) in [5.41, 5.74) is 1.98. The zero-order valence-corrected chi connectivity index (χ0v) is 7.34. The Kier molecular flexibility index (Phi) is 1.92. The molecule has 2 aromatic heterocycles. The average molecular weight is 174 g/mol. The summed E-state index contributed by atoms with van der Waals surface area (Å²) >= 11 is 1.70. The molecule has 0 amide bonds. The van der Waals surface area contributed by atoms with Crippen molar-refractivity contribution in [3.05, 3.63) is 48.3 Å². The molecule has 59 valence electrons. The standard InChI is InChI=1S/C10H8NS/c1-8-4-5-9(11-7-8)10-3-2-6-12-10/h2-7H,1H2. The van der Waals surface area contributed by atoms with Crippen LogP contribution in [0.4, 0.5) is 0 Å². The van der Waals surface area contributed by atoms with E-state index in [4.69, 9.17) is 0 Å². The molecule has 0 aliphatic carbocycles. The predicted molar refractivity (Wildman–Crippen MR) is 52.0 cm³/mol. The van der Waals surface area contributed by atoms with Gasteiger partial charge in [0.2, 0.25) is 0 Å². The van der Waals surface area contributed by atoms with Gasteiger partial charge in [-0.25, -0.2) is 0 Å². The van der Waals surface area contributed by atoms with Crippen LogP contribution in [0.2, 0.25) is 0 Å². The van der Waals surface area contributed by atoms with Crippen LogP contribution in [0.3, 0.4) is 0 Å². The van der Waals surface area contributed by atoms with E-state index in [0.29, 0.717) is 0 Å². The highest BCUT2D eigenvalue weighted by Gasteiger charge is 1.97. The lowest BCUT2D eigenvalue weighted by molar-refractivity contribution is 1.32. The number of hydrogen-bond acceptors (Lipinski definition) is 2. The maximum atomic E-state index is 4.27. The summed E-state index contributed by atoms with van der Waals surface area (Å²) < 4.78 is 0. The van der Waals surface area contributed by atoms with Gasteiger partial charge < -0.3 is 0 Å². The Hall–Kier alpha value is -1.15. The number of thiophene rings is 1. The van der Waals surface area contributed by atoms with Crippen molar-refractivity contribution >= 4 is 11.3 Å². The van der Waals surface area contributed by atoms with E-state index in [-0.39, 0.29) is 0 Å². The van der Waals surface area contributed by atoms with E-state index in [0.717, 1.165) is 11.3 Å². The molecule has 0 aliphatic rings. The molecule has 0 spiro atoms. The maximum Gasteiger partial charge on any atom is 0.0801 e. The Morgan fingerprint density at radius 3 is 2.75 bits per heavy atom. The van der Waals surface area contributed by atoms with E-state index >= 15 is 0 Å². The largest absolute Gasteiger partial charge is 0.255 e. The van der Waals surface area contributed by atoms with Crippen LogP contribution in [0.5, 0.6) is 0 Å². The zero-order chi connectivity index (χ0) is 8.39. The molecule has 2 heterocycles. The molecule has 0 aliphatic heterocycles. The highest BCUT2D eigenvalue weighted by atomic mass is 32.1. The summed E-state index contributed by atoms with van der Waals surface area (Å²) in [5, 5.41) is 2.05. The number of nitrogens with zero attached hydrogens (tertiary/aromatic N) is 1. The fourth-order valence-electron chi connectivity index (χ4n) is 0.995. The molecule has 0 unspecified atom stereocenters. The van der Waals surface area contributed by atoms with Gasteiger partial charge in [0.05, 0.1) is 10.6 Å². The molecule has 0 bridgehead atoms. The van der Waals surface area contributed by atoms with Crippen LogP contribution in [-0.4, -0.2) is 4.98 Å². The summed E-state index contributed by atoms with van der Waals surface area (Å²) in [6.07, 6.45) is 1.79. The van der Waals surface area contributed by atoms with Crippen molar-refractivity contribution in [2.45, 2.75) is 0 Å². The first kappa shape index (κ1) is 7.50. The Morgan fingerprint density at radius 2 is 2.17 bits per heavy atom. The minimum absolute atomic E-state index is 0.954. The van der Waals surface area contributed by atoms with Gasteiger partial charge in [-0.15, -0.1) is 11.3 Å². The lowest BCUT2D eigenvalue weighted by atomic mass is 10.2. The summed E-state index contributed by atoms with van der Waals surface area (Å²) in [7, 11) is 0. The molecule has 1 nitrogen and oxygen atoms in total. The van der Waals surface area contributed by atoms with Gasteiger partial charge in [-0.2, -0.15) is 0 Å². The number of rotatable bonds is 1. The monoisotopic (exact) mass is 174 g/mol. The highest BCUT2D eigenvalue weighted by Crippen LogP contribution is 2.21. The highest BCUT2D eigenvalue weighted by molar-refractivity contribution is 7.13. The van der Waals surface area contributed by atoms with Crippen molar-refractivity contribution in [1.82, 2.24) is 4.98 Å². The van der Waals surface area contributed by atoms with Crippen LogP contribution in [-0.2, 0) is 0 Å². The van der Waals surface area contributed by atoms with Crippen LogP contribution >= 0.6 is 11.3 Å². The first-order valence-electron chi connectivity index (χ1n) is 3.68. The molecule has 12 heavy (non-hydrogen) atoms. The summed E-state index contributed by atoms with van der Waals surface area (Å²) in [4.78, 5) is 5.47. The van der Waals surface area contributed by atoms with Crippen molar-refractivity contribution in [1.29, 1.82) is 0 Å². The van der Waals surface area contributed by atoms with Gasteiger partial charge in [-0.1, -0.05) is 12.1 Å². The van der Waals surface area contributed by atoms with Crippen molar-refractivity contribution in [2.24, 2.45) is 0 Å². The van der Waals surface area contributed by atoms with E-state index in [9.17, 15) is 0 Å². The molecule has 2 heteroatoms. The Balaban J connectivity index is 2.43. The van der Waals surface area contributed by atoms with Crippen LogP contribution in [0.15, 0.2) is 35.8 Å². The molecule has 0 aromatic carbocycles. The molecule has 0 fully saturated rings. The third-order valence-corrected chi connectivity index (χ3v) is 2.49.